The van der Waals surface area contributed by atoms with Crippen LogP contribution in [0.2, 0.25) is 0 Å². The van der Waals surface area contributed by atoms with Gasteiger partial charge >= 0.3 is 0 Å². The van der Waals surface area contributed by atoms with Gasteiger partial charge in [0.1, 0.15) is 0 Å². The van der Waals surface area contributed by atoms with Crippen LogP contribution in [0.4, 0.5) is 5.69 Å². The highest BCUT2D eigenvalue weighted by atomic mass is 127. The number of hydrogen-bond donors (Lipinski definition) is 0. The molecular formula is C18H18IN3O3. The van der Waals surface area contributed by atoms with Gasteiger partial charge in [-0.1, -0.05) is 12.1 Å². The SMILES string of the molecule is O=C(c1ccc(I)cc1)N1CCN(Cc2cccc([N+](=O)[O-])c2)CC1. The minimum absolute atomic E-state index is 0.0615. The van der Waals surface area contributed by atoms with E-state index in [4.69, 9.17) is 0 Å². The van der Waals surface area contributed by atoms with Crippen molar-refractivity contribution in [1.29, 1.82) is 0 Å². The Morgan fingerprint density at radius 2 is 1.76 bits per heavy atom. The molecule has 2 aromatic carbocycles. The zero-order valence-electron chi connectivity index (χ0n) is 13.6. The first-order valence-electron chi connectivity index (χ1n) is 8.03. The highest BCUT2D eigenvalue weighted by molar-refractivity contribution is 14.1. The van der Waals surface area contributed by atoms with E-state index in [-0.39, 0.29) is 16.5 Å². The maximum atomic E-state index is 12.5. The Hall–Kier alpha value is -2.00. The lowest BCUT2D eigenvalue weighted by Gasteiger charge is -2.34. The van der Waals surface area contributed by atoms with Gasteiger partial charge in [-0.25, -0.2) is 0 Å². The van der Waals surface area contributed by atoms with Gasteiger partial charge in [-0.05, 0) is 52.4 Å². The van der Waals surface area contributed by atoms with Gasteiger partial charge in [-0.3, -0.25) is 19.8 Å². The van der Waals surface area contributed by atoms with Crippen molar-refractivity contribution >= 4 is 34.2 Å². The van der Waals surface area contributed by atoms with Crippen LogP contribution in [-0.2, 0) is 6.54 Å². The van der Waals surface area contributed by atoms with Gasteiger partial charge in [0, 0.05) is 54.0 Å². The number of nitro benzene ring substituents is 1. The van der Waals surface area contributed by atoms with Crippen LogP contribution in [0.5, 0.6) is 0 Å². The molecule has 0 bridgehead atoms. The molecule has 1 amide bonds. The Morgan fingerprint density at radius 3 is 2.40 bits per heavy atom. The van der Waals surface area contributed by atoms with Crippen LogP contribution in [0.1, 0.15) is 15.9 Å². The number of halogens is 1. The average molecular weight is 451 g/mol. The van der Waals surface area contributed by atoms with Gasteiger partial charge in [-0.15, -0.1) is 0 Å². The van der Waals surface area contributed by atoms with Gasteiger partial charge in [-0.2, -0.15) is 0 Å². The van der Waals surface area contributed by atoms with Crippen molar-refractivity contribution in [2.75, 3.05) is 26.2 Å². The zero-order valence-corrected chi connectivity index (χ0v) is 15.8. The molecule has 3 rings (SSSR count). The first kappa shape index (κ1) is 17.8. The second-order valence-corrected chi connectivity index (χ2v) is 7.25. The third kappa shape index (κ3) is 4.55. The lowest BCUT2D eigenvalue weighted by Crippen LogP contribution is -2.48. The summed E-state index contributed by atoms with van der Waals surface area (Å²) in [6.45, 7) is 3.52. The normalized spacial score (nSPS) is 15.2. The van der Waals surface area contributed by atoms with Gasteiger partial charge in [0.2, 0.25) is 0 Å². The third-order valence-corrected chi connectivity index (χ3v) is 5.00. The maximum absolute atomic E-state index is 12.5. The highest BCUT2D eigenvalue weighted by Crippen LogP contribution is 2.16. The first-order chi connectivity index (χ1) is 12.0. The minimum atomic E-state index is -0.374. The molecular weight excluding hydrogens is 433 g/mol. The molecule has 130 valence electrons. The summed E-state index contributed by atoms with van der Waals surface area (Å²) < 4.78 is 1.11. The Balaban J connectivity index is 1.56. The molecule has 1 aliphatic heterocycles. The number of piperazine rings is 1. The Bertz CT molecular complexity index is 771. The monoisotopic (exact) mass is 451 g/mol. The number of amides is 1. The van der Waals surface area contributed by atoms with Crippen LogP contribution in [0, 0.1) is 13.7 Å². The van der Waals surface area contributed by atoms with Gasteiger partial charge in [0.15, 0.2) is 0 Å². The molecule has 0 spiro atoms. The average Bonchev–Trinajstić information content (AvgIpc) is 2.63. The van der Waals surface area contributed by atoms with Crippen molar-refractivity contribution in [1.82, 2.24) is 9.80 Å². The maximum Gasteiger partial charge on any atom is 0.269 e. The molecule has 1 aliphatic rings. The highest BCUT2D eigenvalue weighted by Gasteiger charge is 2.22. The Morgan fingerprint density at radius 1 is 1.08 bits per heavy atom. The van der Waals surface area contributed by atoms with E-state index >= 15 is 0 Å². The van der Waals surface area contributed by atoms with Crippen LogP contribution in [0.25, 0.3) is 0 Å². The Kier molecular flexibility index (Phi) is 5.64. The summed E-state index contributed by atoms with van der Waals surface area (Å²) in [5.41, 5.74) is 1.75. The fourth-order valence-corrected chi connectivity index (χ4v) is 3.27. The summed E-state index contributed by atoms with van der Waals surface area (Å²) in [6, 6.07) is 14.3. The Labute approximate surface area is 159 Å². The summed E-state index contributed by atoms with van der Waals surface area (Å²) in [4.78, 5) is 27.1. The fourth-order valence-electron chi connectivity index (χ4n) is 2.91. The minimum Gasteiger partial charge on any atom is -0.336 e. The molecule has 1 heterocycles. The first-order valence-corrected chi connectivity index (χ1v) is 9.11. The van der Waals surface area contributed by atoms with Crippen LogP contribution in [0.15, 0.2) is 48.5 Å². The second kappa shape index (κ2) is 7.92. The van der Waals surface area contributed by atoms with Crippen molar-refractivity contribution < 1.29 is 9.72 Å². The molecule has 0 aromatic heterocycles. The third-order valence-electron chi connectivity index (χ3n) is 4.28. The molecule has 6 nitrogen and oxygen atoms in total. The van der Waals surface area contributed by atoms with Crippen molar-refractivity contribution in [2.24, 2.45) is 0 Å². The summed E-state index contributed by atoms with van der Waals surface area (Å²) in [6.07, 6.45) is 0. The number of rotatable bonds is 4. The number of benzene rings is 2. The topological polar surface area (TPSA) is 66.7 Å². The lowest BCUT2D eigenvalue weighted by molar-refractivity contribution is -0.384. The molecule has 25 heavy (non-hydrogen) atoms. The molecule has 0 aliphatic carbocycles. The van der Waals surface area contributed by atoms with E-state index in [1.165, 1.54) is 6.07 Å². The number of non-ortho nitro benzene ring substituents is 1. The van der Waals surface area contributed by atoms with E-state index in [0.29, 0.717) is 25.2 Å². The smallest absolute Gasteiger partial charge is 0.269 e. The van der Waals surface area contributed by atoms with Crippen molar-refractivity contribution in [3.63, 3.8) is 0 Å². The van der Waals surface area contributed by atoms with Crippen LogP contribution in [-0.4, -0.2) is 46.8 Å². The standard InChI is InChI=1S/C18H18IN3O3/c19-16-6-4-15(5-7-16)18(23)21-10-8-20(9-11-21)13-14-2-1-3-17(12-14)22(24)25/h1-7,12H,8-11,13H2. The number of nitrogens with zero attached hydrogens (tertiary/aromatic N) is 3. The second-order valence-electron chi connectivity index (χ2n) is 6.00. The van der Waals surface area contributed by atoms with Gasteiger partial charge < -0.3 is 4.90 Å². The molecule has 0 unspecified atom stereocenters. The molecule has 0 saturated carbocycles. The van der Waals surface area contributed by atoms with Gasteiger partial charge in [0.25, 0.3) is 11.6 Å². The van der Waals surface area contributed by atoms with Crippen LogP contribution in [0.3, 0.4) is 0 Å². The summed E-state index contributed by atoms with van der Waals surface area (Å²) in [5.74, 6) is 0.0615. The summed E-state index contributed by atoms with van der Waals surface area (Å²) in [5, 5.41) is 10.9. The van der Waals surface area contributed by atoms with Crippen LogP contribution >= 0.6 is 22.6 Å². The van der Waals surface area contributed by atoms with E-state index < -0.39 is 0 Å². The van der Waals surface area contributed by atoms with E-state index in [2.05, 4.69) is 27.5 Å². The molecule has 0 N–H and O–H groups in total. The van der Waals surface area contributed by atoms with Crippen molar-refractivity contribution in [3.8, 4) is 0 Å². The van der Waals surface area contributed by atoms with E-state index in [9.17, 15) is 14.9 Å². The van der Waals surface area contributed by atoms with Gasteiger partial charge in [0.05, 0.1) is 4.92 Å². The molecule has 2 aromatic rings. The molecule has 0 atom stereocenters. The summed E-state index contributed by atoms with van der Waals surface area (Å²) in [7, 11) is 0. The molecule has 0 radical (unpaired) electrons. The van der Waals surface area contributed by atoms with E-state index in [0.717, 1.165) is 22.2 Å². The predicted octanol–water partition coefficient (Wildman–Crippen LogP) is 3.16. The molecule has 1 saturated heterocycles. The number of hydrogen-bond acceptors (Lipinski definition) is 4. The quantitative estimate of drug-likeness (QED) is 0.407. The van der Waals surface area contributed by atoms with E-state index in [1.807, 2.05) is 35.2 Å². The van der Waals surface area contributed by atoms with Crippen molar-refractivity contribution in [3.05, 3.63) is 73.3 Å². The lowest BCUT2D eigenvalue weighted by atomic mass is 10.1. The van der Waals surface area contributed by atoms with Crippen LogP contribution < -0.4 is 0 Å². The predicted molar refractivity (Wildman–Crippen MR) is 103 cm³/mol. The molecule has 1 fully saturated rings. The fraction of sp³-hybridized carbons (Fsp3) is 0.278. The summed E-state index contributed by atoms with van der Waals surface area (Å²) >= 11 is 2.22. The number of carbonyl (C=O) groups excluding carboxylic acids is 1. The van der Waals surface area contributed by atoms with Crippen molar-refractivity contribution in [2.45, 2.75) is 6.54 Å². The number of carbonyl (C=O) groups is 1. The van der Waals surface area contributed by atoms with E-state index in [1.54, 1.807) is 12.1 Å². The number of nitro groups is 1. The largest absolute Gasteiger partial charge is 0.336 e. The molecule has 7 heteroatoms. The zero-order chi connectivity index (χ0) is 17.8.